The lowest BCUT2D eigenvalue weighted by molar-refractivity contribution is -0.0436. The van der Waals surface area contributed by atoms with Gasteiger partial charge in [0.15, 0.2) is 0 Å². The molecule has 1 N–H and O–H groups in total. The Balaban J connectivity index is 2.25. The molecule has 0 aliphatic heterocycles. The van der Waals surface area contributed by atoms with Crippen LogP contribution >= 0.6 is 0 Å². The molecular formula is C15H16F3N2O2S. The van der Waals surface area contributed by atoms with Gasteiger partial charge in [-0.2, -0.15) is 18.4 Å². The molecule has 0 bridgehead atoms. The van der Waals surface area contributed by atoms with E-state index in [-0.39, 0.29) is 17.9 Å². The molecule has 1 aliphatic carbocycles. The van der Waals surface area contributed by atoms with Crippen molar-refractivity contribution in [1.82, 2.24) is 5.32 Å². The fourth-order valence-corrected chi connectivity index (χ4v) is 3.63. The second kappa shape index (κ2) is 6.49. The van der Waals surface area contributed by atoms with Crippen LogP contribution in [0.3, 0.4) is 0 Å². The second-order valence-corrected chi connectivity index (χ2v) is 7.49. The molecule has 1 aromatic rings. The van der Waals surface area contributed by atoms with Gasteiger partial charge in [-0.05, 0) is 49.9 Å². The van der Waals surface area contributed by atoms with Crippen molar-refractivity contribution >= 4 is 9.84 Å². The molecule has 23 heavy (non-hydrogen) atoms. The van der Waals surface area contributed by atoms with Crippen molar-refractivity contribution in [2.24, 2.45) is 5.92 Å². The zero-order valence-electron chi connectivity index (χ0n) is 12.4. The van der Waals surface area contributed by atoms with E-state index in [4.69, 9.17) is 0 Å². The predicted octanol–water partition coefficient (Wildman–Crippen LogP) is 2.78. The standard InChI is InChI=1S/C15H16F3N2O2S/c1-20-12-4-7-14(11(8-12)9-19)10-2-5-13(6-3-10)23(21,22)15(16,17)18/h2-3,5,11-12,14,20H,4,7-8H2,1H3. The lowest BCUT2D eigenvalue weighted by atomic mass is 9.74. The Morgan fingerprint density at radius 2 is 2.04 bits per heavy atom. The molecule has 0 heterocycles. The minimum Gasteiger partial charge on any atom is -0.317 e. The number of halogens is 3. The van der Waals surface area contributed by atoms with E-state index in [1.54, 1.807) is 0 Å². The van der Waals surface area contributed by atoms with Gasteiger partial charge in [0.25, 0.3) is 9.84 Å². The molecule has 1 aliphatic rings. The van der Waals surface area contributed by atoms with Gasteiger partial charge < -0.3 is 5.32 Å². The quantitative estimate of drug-likeness (QED) is 0.914. The molecule has 0 saturated heterocycles. The van der Waals surface area contributed by atoms with Crippen LogP contribution in [0.5, 0.6) is 0 Å². The number of hydrogen-bond donors (Lipinski definition) is 1. The molecule has 8 heteroatoms. The SMILES string of the molecule is CNC1CCC(c2c[c]c(S(=O)(=O)C(F)(F)F)cc2)C(C#N)C1. The molecule has 4 nitrogen and oxygen atoms in total. The van der Waals surface area contributed by atoms with Crippen LogP contribution in [-0.4, -0.2) is 27.0 Å². The molecule has 2 rings (SSSR count). The van der Waals surface area contributed by atoms with Gasteiger partial charge >= 0.3 is 5.51 Å². The van der Waals surface area contributed by atoms with Crippen molar-refractivity contribution in [3.8, 4) is 6.07 Å². The van der Waals surface area contributed by atoms with E-state index in [1.807, 2.05) is 7.05 Å². The van der Waals surface area contributed by atoms with Crippen LogP contribution in [0.4, 0.5) is 13.2 Å². The Morgan fingerprint density at radius 1 is 1.35 bits per heavy atom. The van der Waals surface area contributed by atoms with Crippen molar-refractivity contribution in [1.29, 1.82) is 5.26 Å². The van der Waals surface area contributed by atoms with E-state index < -0.39 is 20.2 Å². The van der Waals surface area contributed by atoms with E-state index in [9.17, 15) is 26.9 Å². The topological polar surface area (TPSA) is 70.0 Å². The van der Waals surface area contributed by atoms with E-state index in [1.165, 1.54) is 12.1 Å². The molecule has 0 aromatic heterocycles. The number of sulfone groups is 1. The predicted molar refractivity (Wildman–Crippen MR) is 77.1 cm³/mol. The summed E-state index contributed by atoms with van der Waals surface area (Å²) in [4.78, 5) is -0.897. The zero-order valence-corrected chi connectivity index (χ0v) is 13.2. The number of alkyl halides is 3. The summed E-state index contributed by atoms with van der Waals surface area (Å²) in [5, 5.41) is 12.4. The molecule has 3 unspecified atom stereocenters. The third-order valence-corrected chi connectivity index (χ3v) is 5.70. The van der Waals surface area contributed by atoms with Gasteiger partial charge in [0, 0.05) is 12.1 Å². The maximum Gasteiger partial charge on any atom is 0.501 e. The maximum absolute atomic E-state index is 12.5. The largest absolute Gasteiger partial charge is 0.501 e. The van der Waals surface area contributed by atoms with Gasteiger partial charge in [0.05, 0.1) is 16.9 Å². The summed E-state index contributed by atoms with van der Waals surface area (Å²) in [6.45, 7) is 0. The van der Waals surface area contributed by atoms with E-state index in [0.29, 0.717) is 18.4 Å². The van der Waals surface area contributed by atoms with Gasteiger partial charge in [0.2, 0.25) is 0 Å². The van der Waals surface area contributed by atoms with Crippen molar-refractivity contribution in [2.45, 2.75) is 41.6 Å². The third kappa shape index (κ3) is 3.51. The molecule has 0 spiro atoms. The van der Waals surface area contributed by atoms with Gasteiger partial charge in [0.1, 0.15) is 0 Å². The first-order chi connectivity index (χ1) is 10.7. The highest BCUT2D eigenvalue weighted by molar-refractivity contribution is 7.92. The van der Waals surface area contributed by atoms with Gasteiger partial charge in [-0.1, -0.05) is 6.07 Å². The van der Waals surface area contributed by atoms with Gasteiger partial charge in [-0.3, -0.25) is 0 Å². The van der Waals surface area contributed by atoms with Crippen LogP contribution in [0.15, 0.2) is 23.1 Å². The first kappa shape index (κ1) is 17.8. The number of nitrogens with zero attached hydrogens (tertiary/aromatic N) is 1. The normalized spacial score (nSPS) is 25.8. The summed E-state index contributed by atoms with van der Waals surface area (Å²) in [6, 6.07) is 8.21. The summed E-state index contributed by atoms with van der Waals surface area (Å²) in [7, 11) is -3.56. The molecule has 0 amide bonds. The fraction of sp³-hybridized carbons (Fsp3) is 0.533. The van der Waals surface area contributed by atoms with Crippen molar-refractivity contribution in [3.05, 3.63) is 29.8 Å². The molecule has 1 saturated carbocycles. The van der Waals surface area contributed by atoms with Crippen LogP contribution in [0.2, 0.25) is 0 Å². The van der Waals surface area contributed by atoms with E-state index in [2.05, 4.69) is 17.5 Å². The second-order valence-electron chi connectivity index (χ2n) is 5.58. The molecule has 1 radical (unpaired) electrons. The third-order valence-electron chi connectivity index (χ3n) is 4.25. The fourth-order valence-electron chi connectivity index (χ4n) is 2.92. The number of nitrogens with one attached hydrogen (secondary N) is 1. The summed E-state index contributed by atoms with van der Waals surface area (Å²) in [5.41, 5.74) is -4.70. The van der Waals surface area contributed by atoms with E-state index >= 15 is 0 Å². The molecule has 3 atom stereocenters. The Hall–Kier alpha value is -1.59. The van der Waals surface area contributed by atoms with Crippen LogP contribution in [0.1, 0.15) is 30.7 Å². The number of hydrogen-bond acceptors (Lipinski definition) is 4. The van der Waals surface area contributed by atoms with Gasteiger partial charge in [-0.15, -0.1) is 0 Å². The average Bonchev–Trinajstić information content (AvgIpc) is 2.53. The highest BCUT2D eigenvalue weighted by Crippen LogP contribution is 2.38. The lowest BCUT2D eigenvalue weighted by Crippen LogP contribution is -2.34. The molecule has 125 valence electrons. The first-order valence-electron chi connectivity index (χ1n) is 7.10. The highest BCUT2D eigenvalue weighted by atomic mass is 32.2. The van der Waals surface area contributed by atoms with Gasteiger partial charge in [-0.25, -0.2) is 8.42 Å². The Bertz CT molecular complexity index is 693. The first-order valence-corrected chi connectivity index (χ1v) is 8.59. The highest BCUT2D eigenvalue weighted by Gasteiger charge is 2.47. The smallest absolute Gasteiger partial charge is 0.317 e. The molecule has 1 aromatic carbocycles. The molecular weight excluding hydrogens is 329 g/mol. The lowest BCUT2D eigenvalue weighted by Gasteiger charge is -2.32. The van der Waals surface area contributed by atoms with Crippen molar-refractivity contribution in [2.75, 3.05) is 7.05 Å². The minimum atomic E-state index is -5.39. The Kier molecular flexibility index (Phi) is 5.01. The number of nitriles is 1. The summed E-state index contributed by atoms with van der Waals surface area (Å²) >= 11 is 0. The van der Waals surface area contributed by atoms with Crippen LogP contribution in [-0.2, 0) is 9.84 Å². The van der Waals surface area contributed by atoms with Crippen molar-refractivity contribution < 1.29 is 21.6 Å². The average molecular weight is 345 g/mol. The number of rotatable bonds is 3. The monoisotopic (exact) mass is 345 g/mol. The van der Waals surface area contributed by atoms with Crippen LogP contribution < -0.4 is 5.32 Å². The van der Waals surface area contributed by atoms with Crippen LogP contribution in [0.25, 0.3) is 0 Å². The summed E-state index contributed by atoms with van der Waals surface area (Å²) in [5.74, 6) is -0.386. The minimum absolute atomic E-state index is 0.122. The summed E-state index contributed by atoms with van der Waals surface area (Å²) < 4.78 is 60.2. The van der Waals surface area contributed by atoms with E-state index in [0.717, 1.165) is 12.5 Å². The van der Waals surface area contributed by atoms with Crippen molar-refractivity contribution in [3.63, 3.8) is 0 Å². The Labute approximate surface area is 133 Å². The summed E-state index contributed by atoms with van der Waals surface area (Å²) in [6.07, 6.45) is 2.21. The zero-order chi connectivity index (χ0) is 17.3. The Morgan fingerprint density at radius 3 is 2.52 bits per heavy atom. The maximum atomic E-state index is 12.5. The van der Waals surface area contributed by atoms with Crippen LogP contribution in [0, 0.1) is 23.3 Å². The molecule has 1 fully saturated rings. The number of benzene rings is 1.